The molecular weight excluding hydrogens is 400 g/mol. The van der Waals surface area contributed by atoms with Crippen molar-refractivity contribution in [1.29, 1.82) is 0 Å². The molecule has 0 fully saturated rings. The lowest BCUT2D eigenvalue weighted by molar-refractivity contribution is -0.136. The van der Waals surface area contributed by atoms with Gasteiger partial charge in [-0.3, -0.25) is 14.5 Å². The van der Waals surface area contributed by atoms with Gasteiger partial charge in [-0.2, -0.15) is 0 Å². The predicted molar refractivity (Wildman–Crippen MR) is 126 cm³/mol. The number of hydrogen-bond acceptors (Lipinski definition) is 4. The van der Waals surface area contributed by atoms with Crippen LogP contribution in [0.4, 0.5) is 5.69 Å². The van der Waals surface area contributed by atoms with Crippen molar-refractivity contribution >= 4 is 23.1 Å². The van der Waals surface area contributed by atoms with Gasteiger partial charge >= 0.3 is 0 Å². The Bertz CT molecular complexity index is 1200. The summed E-state index contributed by atoms with van der Waals surface area (Å²) >= 11 is 0. The Morgan fingerprint density at radius 1 is 0.875 bits per heavy atom. The number of aryl methyl sites for hydroxylation is 2. The summed E-state index contributed by atoms with van der Waals surface area (Å²) in [4.78, 5) is 28.3. The standard InChI is InChI=1S/C27H26N2O3/c1-18-13-14-19(2)22(17-18)28-25-24(21-11-7-8-12-23(21)32-3)26(30)29(27(25)31)16-15-20-9-5-4-6-10-20/h4-14,17,28H,15-16H2,1-3H3. The molecule has 0 bridgehead atoms. The summed E-state index contributed by atoms with van der Waals surface area (Å²) in [5, 5.41) is 3.27. The van der Waals surface area contributed by atoms with Gasteiger partial charge in [0.15, 0.2) is 0 Å². The number of ether oxygens (including phenoxy) is 1. The van der Waals surface area contributed by atoms with E-state index in [2.05, 4.69) is 5.32 Å². The molecule has 0 radical (unpaired) electrons. The fourth-order valence-corrected chi connectivity index (χ4v) is 3.89. The molecule has 1 heterocycles. The maximum Gasteiger partial charge on any atom is 0.278 e. The minimum Gasteiger partial charge on any atom is -0.496 e. The van der Waals surface area contributed by atoms with Crippen LogP contribution in [-0.2, 0) is 16.0 Å². The van der Waals surface area contributed by atoms with Gasteiger partial charge in [0, 0.05) is 17.8 Å². The predicted octanol–water partition coefficient (Wildman–Crippen LogP) is 4.75. The molecule has 0 saturated carbocycles. The third-order valence-electron chi connectivity index (χ3n) is 5.66. The van der Waals surface area contributed by atoms with Gasteiger partial charge in [-0.15, -0.1) is 0 Å². The number of benzene rings is 3. The SMILES string of the molecule is COc1ccccc1C1=C(Nc2cc(C)ccc2C)C(=O)N(CCc2ccccc2)C1=O. The summed E-state index contributed by atoms with van der Waals surface area (Å²) in [6.45, 7) is 4.27. The highest BCUT2D eigenvalue weighted by atomic mass is 16.5. The Labute approximate surface area is 188 Å². The molecule has 1 N–H and O–H groups in total. The maximum absolute atomic E-state index is 13.5. The molecule has 0 unspecified atom stereocenters. The fraction of sp³-hybridized carbons (Fsp3) is 0.185. The Morgan fingerprint density at radius 2 is 1.59 bits per heavy atom. The fourth-order valence-electron chi connectivity index (χ4n) is 3.89. The zero-order valence-electron chi connectivity index (χ0n) is 18.5. The lowest BCUT2D eigenvalue weighted by Gasteiger charge is -2.16. The minimum absolute atomic E-state index is 0.279. The van der Waals surface area contributed by atoms with Gasteiger partial charge in [-0.05, 0) is 49.1 Å². The average Bonchev–Trinajstić information content (AvgIpc) is 3.04. The van der Waals surface area contributed by atoms with E-state index in [1.165, 1.54) is 4.90 Å². The normalized spacial score (nSPS) is 13.7. The van der Waals surface area contributed by atoms with Crippen LogP contribution < -0.4 is 10.1 Å². The highest BCUT2D eigenvalue weighted by molar-refractivity contribution is 6.37. The van der Waals surface area contributed by atoms with Crippen LogP contribution in [-0.4, -0.2) is 30.4 Å². The third-order valence-corrected chi connectivity index (χ3v) is 5.66. The molecule has 0 atom stereocenters. The van der Waals surface area contributed by atoms with Crippen molar-refractivity contribution in [2.45, 2.75) is 20.3 Å². The van der Waals surface area contributed by atoms with Gasteiger partial charge in [0.2, 0.25) is 0 Å². The first-order valence-corrected chi connectivity index (χ1v) is 10.6. The molecule has 5 heteroatoms. The van der Waals surface area contributed by atoms with E-state index in [1.54, 1.807) is 13.2 Å². The topological polar surface area (TPSA) is 58.6 Å². The number of nitrogens with zero attached hydrogens (tertiary/aromatic N) is 1. The smallest absolute Gasteiger partial charge is 0.278 e. The van der Waals surface area contributed by atoms with Gasteiger partial charge in [-0.1, -0.05) is 60.7 Å². The van der Waals surface area contributed by atoms with Crippen molar-refractivity contribution in [2.24, 2.45) is 0 Å². The number of rotatable bonds is 7. The average molecular weight is 427 g/mol. The first kappa shape index (κ1) is 21.4. The lowest BCUT2D eigenvalue weighted by atomic mass is 10.0. The van der Waals surface area contributed by atoms with E-state index in [0.717, 1.165) is 22.4 Å². The van der Waals surface area contributed by atoms with Gasteiger partial charge in [0.05, 0.1) is 12.7 Å². The van der Waals surface area contributed by atoms with Crippen LogP contribution in [0.3, 0.4) is 0 Å². The second kappa shape index (κ2) is 9.10. The molecule has 4 rings (SSSR count). The van der Waals surface area contributed by atoms with E-state index in [-0.39, 0.29) is 17.5 Å². The van der Waals surface area contributed by atoms with Crippen molar-refractivity contribution < 1.29 is 14.3 Å². The van der Waals surface area contributed by atoms with Crippen LogP contribution in [0.15, 0.2) is 78.5 Å². The van der Waals surface area contributed by atoms with Gasteiger partial charge in [0.25, 0.3) is 11.8 Å². The Kier molecular flexibility index (Phi) is 6.08. The largest absolute Gasteiger partial charge is 0.496 e. The van der Waals surface area contributed by atoms with E-state index in [4.69, 9.17) is 4.74 Å². The zero-order chi connectivity index (χ0) is 22.7. The van der Waals surface area contributed by atoms with Crippen molar-refractivity contribution in [3.05, 3.63) is 101 Å². The summed E-state index contributed by atoms with van der Waals surface area (Å²) in [6, 6.07) is 23.1. The summed E-state index contributed by atoms with van der Waals surface area (Å²) < 4.78 is 5.50. The second-order valence-corrected chi connectivity index (χ2v) is 7.89. The maximum atomic E-state index is 13.5. The van der Waals surface area contributed by atoms with Gasteiger partial charge in [-0.25, -0.2) is 0 Å². The van der Waals surface area contributed by atoms with Crippen molar-refractivity contribution in [2.75, 3.05) is 19.0 Å². The van der Waals surface area contributed by atoms with Crippen LogP contribution >= 0.6 is 0 Å². The molecule has 3 aromatic carbocycles. The second-order valence-electron chi connectivity index (χ2n) is 7.89. The van der Waals surface area contributed by atoms with Crippen LogP contribution in [0.2, 0.25) is 0 Å². The number of carbonyl (C=O) groups excluding carboxylic acids is 2. The molecule has 32 heavy (non-hydrogen) atoms. The first-order chi connectivity index (χ1) is 15.5. The van der Waals surface area contributed by atoms with Crippen LogP contribution in [0.25, 0.3) is 5.57 Å². The highest BCUT2D eigenvalue weighted by Crippen LogP contribution is 2.35. The summed E-state index contributed by atoms with van der Waals surface area (Å²) in [7, 11) is 1.56. The van der Waals surface area contributed by atoms with E-state index in [9.17, 15) is 9.59 Å². The first-order valence-electron chi connectivity index (χ1n) is 10.6. The van der Waals surface area contributed by atoms with Crippen LogP contribution in [0, 0.1) is 13.8 Å². The summed E-state index contributed by atoms with van der Waals surface area (Å²) in [6.07, 6.45) is 0.592. The molecule has 0 aliphatic carbocycles. The Balaban J connectivity index is 1.74. The highest BCUT2D eigenvalue weighted by Gasteiger charge is 2.40. The molecule has 0 saturated heterocycles. The van der Waals surface area contributed by atoms with E-state index in [1.807, 2.05) is 80.6 Å². The van der Waals surface area contributed by atoms with Gasteiger partial charge < -0.3 is 10.1 Å². The number of imide groups is 1. The molecule has 2 amide bonds. The number of methoxy groups -OCH3 is 1. The third kappa shape index (κ3) is 4.14. The number of carbonyl (C=O) groups is 2. The molecule has 1 aliphatic heterocycles. The van der Waals surface area contributed by atoms with Gasteiger partial charge in [0.1, 0.15) is 11.4 Å². The van der Waals surface area contributed by atoms with E-state index in [0.29, 0.717) is 29.9 Å². The van der Waals surface area contributed by atoms with Crippen LogP contribution in [0.1, 0.15) is 22.3 Å². The van der Waals surface area contributed by atoms with E-state index < -0.39 is 0 Å². The van der Waals surface area contributed by atoms with Crippen molar-refractivity contribution in [1.82, 2.24) is 4.90 Å². The summed E-state index contributed by atoms with van der Waals surface area (Å²) in [5.74, 6) is -0.0928. The lowest BCUT2D eigenvalue weighted by Crippen LogP contribution is -2.34. The van der Waals surface area contributed by atoms with Crippen molar-refractivity contribution in [3.8, 4) is 5.75 Å². The Morgan fingerprint density at radius 3 is 2.34 bits per heavy atom. The monoisotopic (exact) mass is 426 g/mol. The molecule has 162 valence electrons. The number of para-hydroxylation sites is 1. The number of anilines is 1. The van der Waals surface area contributed by atoms with Crippen LogP contribution in [0.5, 0.6) is 5.75 Å². The number of nitrogens with one attached hydrogen (secondary N) is 1. The Hall–Kier alpha value is -3.86. The minimum atomic E-state index is -0.326. The molecular formula is C27H26N2O3. The number of hydrogen-bond donors (Lipinski definition) is 1. The quantitative estimate of drug-likeness (QED) is 0.554. The summed E-state index contributed by atoms with van der Waals surface area (Å²) in [5.41, 5.74) is 5.15. The molecule has 3 aromatic rings. The molecule has 1 aliphatic rings. The number of amides is 2. The molecule has 0 aromatic heterocycles. The van der Waals surface area contributed by atoms with E-state index >= 15 is 0 Å². The zero-order valence-corrected chi connectivity index (χ0v) is 18.5. The molecule has 5 nitrogen and oxygen atoms in total. The molecule has 0 spiro atoms. The van der Waals surface area contributed by atoms with Crippen molar-refractivity contribution in [3.63, 3.8) is 0 Å².